The number of amides is 3. The number of carboxylic acids is 1. The van der Waals surface area contributed by atoms with Gasteiger partial charge in [0.1, 0.15) is 0 Å². The Kier molecular flexibility index (Phi) is 3.60. The highest BCUT2D eigenvalue weighted by Gasteiger charge is 2.11. The van der Waals surface area contributed by atoms with Crippen molar-refractivity contribution in [2.45, 2.75) is 6.92 Å². The molecule has 0 bridgehead atoms. The summed E-state index contributed by atoms with van der Waals surface area (Å²) >= 11 is 0. The summed E-state index contributed by atoms with van der Waals surface area (Å²) in [6, 6.07) is 5.14. The van der Waals surface area contributed by atoms with E-state index in [4.69, 9.17) is 5.11 Å². The van der Waals surface area contributed by atoms with Crippen molar-refractivity contribution in [1.82, 2.24) is 5.32 Å². The van der Waals surface area contributed by atoms with Crippen molar-refractivity contribution in [3.8, 4) is 0 Å². The lowest BCUT2D eigenvalue weighted by Crippen LogP contribution is -2.32. The van der Waals surface area contributed by atoms with E-state index in [1.54, 1.807) is 6.07 Å². The molecule has 0 aliphatic carbocycles. The lowest BCUT2D eigenvalue weighted by molar-refractivity contribution is -0.117. The van der Waals surface area contributed by atoms with Gasteiger partial charge in [0.15, 0.2) is 0 Å². The Labute approximate surface area is 91.3 Å². The highest BCUT2D eigenvalue weighted by molar-refractivity contribution is 6.04. The highest BCUT2D eigenvalue weighted by atomic mass is 16.4. The lowest BCUT2D eigenvalue weighted by atomic mass is 10.2. The molecule has 0 spiro atoms. The number of imide groups is 1. The third-order valence-corrected chi connectivity index (χ3v) is 1.70. The summed E-state index contributed by atoms with van der Waals surface area (Å²) in [6.45, 7) is 1.18. The molecule has 84 valence electrons. The molecule has 0 saturated carbocycles. The number of hydrogen-bond donors (Lipinski definition) is 3. The van der Waals surface area contributed by atoms with Gasteiger partial charge in [0.05, 0.1) is 11.3 Å². The number of carbonyl (C=O) groups excluding carboxylic acids is 2. The summed E-state index contributed by atoms with van der Waals surface area (Å²) in [6.07, 6.45) is 0. The van der Waals surface area contributed by atoms with Crippen molar-refractivity contribution < 1.29 is 19.5 Å². The molecule has 1 aromatic carbocycles. The maximum Gasteiger partial charge on any atom is 0.337 e. The number of aromatic carboxylic acids is 1. The van der Waals surface area contributed by atoms with Crippen LogP contribution in [0.25, 0.3) is 0 Å². The number of benzene rings is 1. The predicted octanol–water partition coefficient (Wildman–Crippen LogP) is 1.05. The van der Waals surface area contributed by atoms with Crippen molar-refractivity contribution in [2.75, 3.05) is 5.32 Å². The van der Waals surface area contributed by atoms with Crippen LogP contribution in [0.5, 0.6) is 0 Å². The van der Waals surface area contributed by atoms with Crippen molar-refractivity contribution in [1.29, 1.82) is 0 Å². The fourth-order valence-corrected chi connectivity index (χ4v) is 1.09. The third kappa shape index (κ3) is 3.09. The fourth-order valence-electron chi connectivity index (χ4n) is 1.09. The van der Waals surface area contributed by atoms with Gasteiger partial charge in [-0.3, -0.25) is 10.1 Å². The van der Waals surface area contributed by atoms with E-state index in [0.29, 0.717) is 0 Å². The standard InChI is InChI=1S/C10H10N2O4/c1-6(13)11-10(16)12-8-5-3-2-4-7(8)9(14)15/h2-5H,1H3,(H,14,15)(H2,11,12,13,16). The molecular formula is C10H10N2O4. The van der Waals surface area contributed by atoms with E-state index in [1.165, 1.54) is 25.1 Å². The van der Waals surface area contributed by atoms with Gasteiger partial charge in [0, 0.05) is 6.92 Å². The molecule has 3 N–H and O–H groups in total. The zero-order chi connectivity index (χ0) is 12.1. The first-order valence-electron chi connectivity index (χ1n) is 4.41. The Bertz CT molecular complexity index is 442. The van der Waals surface area contributed by atoms with Gasteiger partial charge in [-0.2, -0.15) is 0 Å². The molecular weight excluding hydrogens is 212 g/mol. The van der Waals surface area contributed by atoms with Crippen molar-refractivity contribution in [2.24, 2.45) is 0 Å². The fraction of sp³-hybridized carbons (Fsp3) is 0.100. The monoisotopic (exact) mass is 222 g/mol. The first kappa shape index (κ1) is 11.7. The largest absolute Gasteiger partial charge is 0.478 e. The van der Waals surface area contributed by atoms with Crippen molar-refractivity contribution >= 4 is 23.6 Å². The van der Waals surface area contributed by atoms with Gasteiger partial charge < -0.3 is 10.4 Å². The molecule has 0 aliphatic heterocycles. The van der Waals surface area contributed by atoms with Crippen LogP contribution in [0.2, 0.25) is 0 Å². The number of carbonyl (C=O) groups is 3. The van der Waals surface area contributed by atoms with E-state index in [0.717, 1.165) is 0 Å². The normalized spacial score (nSPS) is 9.31. The van der Waals surface area contributed by atoms with Gasteiger partial charge in [0.25, 0.3) is 0 Å². The molecule has 6 heteroatoms. The van der Waals surface area contributed by atoms with Crippen LogP contribution in [0.3, 0.4) is 0 Å². The van der Waals surface area contributed by atoms with Crippen molar-refractivity contribution in [3.63, 3.8) is 0 Å². The molecule has 16 heavy (non-hydrogen) atoms. The van der Waals surface area contributed by atoms with E-state index in [9.17, 15) is 14.4 Å². The van der Waals surface area contributed by atoms with E-state index < -0.39 is 17.9 Å². The highest BCUT2D eigenvalue weighted by Crippen LogP contribution is 2.14. The predicted molar refractivity (Wildman–Crippen MR) is 56.2 cm³/mol. The molecule has 0 saturated heterocycles. The molecule has 3 amide bonds. The van der Waals surface area contributed by atoms with Crippen LogP contribution in [0, 0.1) is 0 Å². The molecule has 0 aromatic heterocycles. The maximum absolute atomic E-state index is 11.2. The summed E-state index contributed by atoms with van der Waals surface area (Å²) in [5.41, 5.74) is 0.0925. The van der Waals surface area contributed by atoms with Crippen LogP contribution in [-0.2, 0) is 4.79 Å². The molecule has 0 atom stereocenters. The Morgan fingerprint density at radius 1 is 1.19 bits per heavy atom. The minimum Gasteiger partial charge on any atom is -0.478 e. The Balaban J connectivity index is 2.84. The van der Waals surface area contributed by atoms with Crippen LogP contribution >= 0.6 is 0 Å². The van der Waals surface area contributed by atoms with Gasteiger partial charge >= 0.3 is 12.0 Å². The molecule has 0 unspecified atom stereocenters. The summed E-state index contributed by atoms with van der Waals surface area (Å²) in [7, 11) is 0. The molecule has 0 fully saturated rings. The second-order valence-electron chi connectivity index (χ2n) is 2.99. The Morgan fingerprint density at radius 3 is 2.38 bits per heavy atom. The van der Waals surface area contributed by atoms with Crippen molar-refractivity contribution in [3.05, 3.63) is 29.8 Å². The zero-order valence-electron chi connectivity index (χ0n) is 8.48. The minimum absolute atomic E-state index is 0.0406. The third-order valence-electron chi connectivity index (χ3n) is 1.70. The molecule has 0 aliphatic rings. The van der Waals surface area contributed by atoms with E-state index in [-0.39, 0.29) is 11.3 Å². The van der Waals surface area contributed by atoms with Crippen LogP contribution in [0.15, 0.2) is 24.3 Å². The summed E-state index contributed by atoms with van der Waals surface area (Å²) in [5, 5.41) is 13.1. The summed E-state index contributed by atoms with van der Waals surface area (Å²) < 4.78 is 0. The molecule has 0 heterocycles. The topological polar surface area (TPSA) is 95.5 Å². The van der Waals surface area contributed by atoms with Gasteiger partial charge in [-0.1, -0.05) is 12.1 Å². The average Bonchev–Trinajstić information content (AvgIpc) is 2.16. The molecule has 0 radical (unpaired) electrons. The lowest BCUT2D eigenvalue weighted by Gasteiger charge is -2.07. The van der Waals surface area contributed by atoms with Gasteiger partial charge in [-0.15, -0.1) is 0 Å². The zero-order valence-corrected chi connectivity index (χ0v) is 8.48. The number of para-hydroxylation sites is 1. The van der Waals surface area contributed by atoms with E-state index in [2.05, 4.69) is 5.32 Å². The SMILES string of the molecule is CC(=O)NC(=O)Nc1ccccc1C(=O)O. The smallest absolute Gasteiger partial charge is 0.337 e. The first-order chi connectivity index (χ1) is 7.50. The van der Waals surface area contributed by atoms with Gasteiger partial charge in [0.2, 0.25) is 5.91 Å². The average molecular weight is 222 g/mol. The Hall–Kier alpha value is -2.37. The van der Waals surface area contributed by atoms with Crippen LogP contribution in [0.4, 0.5) is 10.5 Å². The number of rotatable bonds is 2. The number of hydrogen-bond acceptors (Lipinski definition) is 3. The van der Waals surface area contributed by atoms with Crippen LogP contribution < -0.4 is 10.6 Å². The number of anilines is 1. The number of nitrogens with one attached hydrogen (secondary N) is 2. The van der Waals surface area contributed by atoms with Gasteiger partial charge in [-0.05, 0) is 12.1 Å². The first-order valence-corrected chi connectivity index (χ1v) is 4.41. The van der Waals surface area contributed by atoms with Crippen LogP contribution in [0.1, 0.15) is 17.3 Å². The second-order valence-corrected chi connectivity index (χ2v) is 2.99. The number of carboxylic acid groups (broad SMARTS) is 1. The Morgan fingerprint density at radius 2 is 1.81 bits per heavy atom. The minimum atomic E-state index is -1.15. The summed E-state index contributed by atoms with van der Waals surface area (Å²) in [4.78, 5) is 32.5. The molecule has 1 rings (SSSR count). The van der Waals surface area contributed by atoms with Gasteiger partial charge in [-0.25, -0.2) is 9.59 Å². The van der Waals surface area contributed by atoms with E-state index >= 15 is 0 Å². The van der Waals surface area contributed by atoms with E-state index in [1.807, 2.05) is 5.32 Å². The molecule has 1 aromatic rings. The summed E-state index contributed by atoms with van der Waals surface area (Å²) in [5.74, 6) is -1.68. The van der Waals surface area contributed by atoms with Crippen LogP contribution in [-0.4, -0.2) is 23.0 Å². The quantitative estimate of drug-likeness (QED) is 0.696. The maximum atomic E-state index is 11.2. The number of urea groups is 1. The second kappa shape index (κ2) is 4.92. The molecule has 6 nitrogen and oxygen atoms in total.